The van der Waals surface area contributed by atoms with Crippen molar-refractivity contribution in [2.75, 3.05) is 186 Å². The van der Waals surface area contributed by atoms with E-state index >= 15 is 0 Å². The van der Waals surface area contributed by atoms with E-state index in [4.69, 9.17) is 83.7 Å². The predicted molar refractivity (Wildman–Crippen MR) is 577 cm³/mol. The van der Waals surface area contributed by atoms with E-state index in [1.165, 1.54) is 12.8 Å². The smallest absolute Gasteiger partial charge is 0.257 e. The molecule has 9 saturated heterocycles. The van der Waals surface area contributed by atoms with Crippen LogP contribution in [0, 0.1) is 30.8 Å². The van der Waals surface area contributed by atoms with Crippen LogP contribution in [0.25, 0.3) is 54.5 Å². The lowest BCUT2D eigenvalue weighted by molar-refractivity contribution is 0.148. The van der Waals surface area contributed by atoms with E-state index in [1.807, 2.05) is 121 Å². The van der Waals surface area contributed by atoms with Crippen molar-refractivity contribution < 1.29 is 44.1 Å². The number of likely N-dealkylation sites (tertiary alicyclic amines) is 1. The second-order valence-corrected chi connectivity index (χ2v) is 40.3. The Morgan fingerprint density at radius 3 is 1.08 bits per heavy atom. The first kappa shape index (κ1) is 101. The number of para-hydroxylation sites is 5. The van der Waals surface area contributed by atoms with Gasteiger partial charge in [0, 0.05) is 97.7 Å². The fraction of sp³-hybridized carbons (Fsp3) is 0.381. The molecule has 5 aromatic carbocycles. The van der Waals surface area contributed by atoms with Gasteiger partial charge >= 0.3 is 0 Å². The van der Waals surface area contributed by atoms with Crippen molar-refractivity contribution in [3.63, 3.8) is 0 Å². The zero-order valence-corrected chi connectivity index (χ0v) is 85.9. The van der Waals surface area contributed by atoms with Crippen LogP contribution in [0.3, 0.4) is 0 Å². The SMILES string of the molecule is CN1CCC(CO)CC1.Clc1cc(I)c(OC2CN(c3ccc4ccccc4n3)C2)nn1.Clc1ccc(OC2CN(c3ccc4ccccc4n3)C2)nn1.Clc1nnc(OC2CN(c3ccc4ccccc4n3)C2)cc1I.OCC1CCN(c2ccnnc2OC2CN(c3ccc4ccccc4n3)C2)CC1.OCC1CCN(c2cnnc(OC3CN(c4ccc5ccccc5n4)C3)c2)CC1.OCC1CCNCC1. The number of anilines is 7. The average Bonchev–Trinajstić information content (AvgIpc) is 0.812. The summed E-state index contributed by atoms with van der Waals surface area (Å²) in [5.74, 6) is 9.58. The van der Waals surface area contributed by atoms with Gasteiger partial charge in [0.05, 0.1) is 118 Å². The molecule has 24 rings (SSSR count). The maximum Gasteiger partial charge on any atom is 0.257 e. The lowest BCUT2D eigenvalue weighted by Crippen LogP contribution is -2.54. The largest absolute Gasteiger partial charge is 0.469 e. The molecular weight excluding hydrogens is 2100 g/mol. The normalized spacial score (nSPS) is 17.3. The van der Waals surface area contributed by atoms with Gasteiger partial charge in [0.1, 0.15) is 65.3 Å². The van der Waals surface area contributed by atoms with Crippen molar-refractivity contribution in [3.05, 3.63) is 253 Å². The van der Waals surface area contributed by atoms with Crippen LogP contribution < -0.4 is 63.3 Å². The number of piperidine rings is 4. The Morgan fingerprint density at radius 2 is 0.685 bits per heavy atom. The molecule has 744 valence electrons. The number of nitrogens with zero attached hydrogens (tertiary/aromatic N) is 23. The maximum atomic E-state index is 9.36. The minimum absolute atomic E-state index is 0.0775. The summed E-state index contributed by atoms with van der Waals surface area (Å²) in [7, 11) is 2.13. The highest BCUT2D eigenvalue weighted by molar-refractivity contribution is 14.1. The molecule has 0 saturated carbocycles. The van der Waals surface area contributed by atoms with E-state index in [0.717, 1.165) is 258 Å². The lowest BCUT2D eigenvalue weighted by atomic mass is 9.97. The number of hydrogen-bond donors (Lipinski definition) is 5. The molecule has 10 aromatic heterocycles. The van der Waals surface area contributed by atoms with Gasteiger partial charge in [-0.2, -0.15) is 10.2 Å². The first-order valence-corrected chi connectivity index (χ1v) is 52.0. The van der Waals surface area contributed by atoms with E-state index in [0.29, 0.717) is 81.7 Å². The molecule has 5 N–H and O–H groups in total. The molecule has 0 bridgehead atoms. The molecule has 0 atom stereocenters. The minimum Gasteiger partial charge on any atom is -0.469 e. The molecule has 0 unspecified atom stereocenters. The topological polar surface area (TPSA) is 358 Å². The molecule has 9 aliphatic heterocycles. The molecule has 19 heterocycles. The summed E-state index contributed by atoms with van der Waals surface area (Å²) in [6, 6.07) is 72.3. The molecule has 0 spiro atoms. The Balaban J connectivity index is 0.000000113. The number of benzene rings is 5. The number of nitrogens with one attached hydrogen (secondary N) is 1. The summed E-state index contributed by atoms with van der Waals surface area (Å²) < 4.78 is 31.4. The monoisotopic (exact) mass is 2210 g/mol. The quantitative estimate of drug-likeness (QED) is 0.0417. The van der Waals surface area contributed by atoms with Gasteiger partial charge in [-0.1, -0.05) is 126 Å². The fourth-order valence-corrected chi connectivity index (χ4v) is 19.3. The second-order valence-electron chi connectivity index (χ2n) is 36.9. The van der Waals surface area contributed by atoms with Gasteiger partial charge < -0.3 is 88.6 Å². The molecule has 143 heavy (non-hydrogen) atoms. The van der Waals surface area contributed by atoms with Crippen molar-refractivity contribution in [2.24, 2.45) is 23.7 Å². The third kappa shape index (κ3) is 27.5. The van der Waals surface area contributed by atoms with Crippen LogP contribution in [-0.2, 0) is 0 Å². The van der Waals surface area contributed by atoms with Gasteiger partial charge in [-0.25, -0.2) is 24.9 Å². The van der Waals surface area contributed by atoms with Crippen LogP contribution in [0.15, 0.2) is 231 Å². The Morgan fingerprint density at radius 1 is 0.322 bits per heavy atom. The van der Waals surface area contributed by atoms with E-state index in [-0.39, 0.29) is 43.7 Å². The number of aliphatic hydroxyl groups is 4. The zero-order chi connectivity index (χ0) is 98.3. The Hall–Kier alpha value is -11.8. The van der Waals surface area contributed by atoms with Crippen molar-refractivity contribution in [1.82, 2.24) is 86.1 Å². The third-order valence-corrected chi connectivity index (χ3v) is 29.3. The fourth-order valence-electron chi connectivity index (χ4n) is 17.9. The second kappa shape index (κ2) is 49.7. The van der Waals surface area contributed by atoms with Crippen LogP contribution in [0.1, 0.15) is 51.4 Å². The summed E-state index contributed by atoms with van der Waals surface area (Å²) in [4.78, 5) is 41.4. The summed E-state index contributed by atoms with van der Waals surface area (Å²) >= 11 is 21.6. The van der Waals surface area contributed by atoms with E-state index in [9.17, 15) is 10.2 Å². The Bertz CT molecular complexity index is 6660. The molecular formula is C105H115Cl3I2N24O9. The molecule has 38 heteroatoms. The minimum atomic E-state index is 0.0775. The van der Waals surface area contributed by atoms with Crippen LogP contribution >= 0.6 is 80.0 Å². The predicted octanol–water partition coefficient (Wildman–Crippen LogP) is 15.3. The molecule has 9 fully saturated rings. The van der Waals surface area contributed by atoms with Crippen LogP contribution in [0.4, 0.5) is 40.5 Å². The number of hydrogen-bond acceptors (Lipinski definition) is 33. The van der Waals surface area contributed by atoms with Crippen LogP contribution in [0.2, 0.25) is 15.5 Å². The number of ether oxygens (including phenoxy) is 5. The molecule has 15 aromatic rings. The van der Waals surface area contributed by atoms with Gasteiger partial charge in [-0.05, 0) is 263 Å². The summed E-state index contributed by atoms with van der Waals surface area (Å²) in [5, 5.41) is 86.1. The van der Waals surface area contributed by atoms with Gasteiger partial charge in [0.2, 0.25) is 23.5 Å². The summed E-state index contributed by atoms with van der Waals surface area (Å²) in [6.07, 6.45) is 12.6. The highest BCUT2D eigenvalue weighted by Gasteiger charge is 2.37. The van der Waals surface area contributed by atoms with E-state index in [2.05, 4.69) is 230 Å². The van der Waals surface area contributed by atoms with Crippen molar-refractivity contribution in [2.45, 2.75) is 81.9 Å². The zero-order valence-electron chi connectivity index (χ0n) is 79.4. The number of halogens is 5. The van der Waals surface area contributed by atoms with Crippen LogP contribution in [-0.4, -0.2) is 283 Å². The molecule has 0 amide bonds. The van der Waals surface area contributed by atoms with Gasteiger partial charge in [-0.15, -0.1) is 40.8 Å². The van der Waals surface area contributed by atoms with E-state index in [1.54, 1.807) is 36.7 Å². The first-order valence-electron chi connectivity index (χ1n) is 48.7. The summed E-state index contributed by atoms with van der Waals surface area (Å²) in [6.45, 7) is 17.3. The standard InChI is InChI=1S/2C22H25N5O2.2C16H12ClIN4O.C16H13ClN4O.C7H15NO.C6H13NO/c28-15-16-8-11-26(12-9-16)20-7-10-23-25-22(20)29-18-13-27(14-18)21-6-5-17-3-1-2-4-19(17)24-21;28-15-16-7-9-26(10-8-16)18-11-22(25-23-12-18)29-19-13-27(14-19)21-6-5-17-3-1-2-4-20(17)24-21;17-14-7-12(18)16(21-20-14)23-11-8-22(9-11)15-6-5-10-3-1-2-4-13(10)19-15;17-16-12(18)7-15(20-21-16)23-11-8-22(9-11)14-6-5-10-3-1-2-4-13(10)19-14;17-14-6-8-16(20-19-14)22-12-9-21(10-12)15-7-5-11-3-1-2-4-13(11)18-15;1-8-4-2-7(6-9)3-5-8;8-5-6-1-3-7-4-2-6/h1-7,10,16,18,28H,8-9,11-15H2;1-6,11-12,16,19,28H,7-10,13-15H2;2*1-7,11H,8-9H2;1-8,12H,9-10H2;7,9H,2-6H2,1H3;6-8H,1-5H2. The van der Waals surface area contributed by atoms with Gasteiger partial charge in [0.15, 0.2) is 15.5 Å². The van der Waals surface area contributed by atoms with Gasteiger partial charge in [-0.3, -0.25) is 0 Å². The van der Waals surface area contributed by atoms with Crippen molar-refractivity contribution in [1.29, 1.82) is 0 Å². The number of aliphatic hydroxyl groups excluding tert-OH is 4. The van der Waals surface area contributed by atoms with E-state index < -0.39 is 0 Å². The molecule has 9 aliphatic rings. The highest BCUT2D eigenvalue weighted by Crippen LogP contribution is 2.37. The Kier molecular flexibility index (Phi) is 35.2. The average molecular weight is 2220 g/mol. The third-order valence-electron chi connectivity index (χ3n) is 26.7. The van der Waals surface area contributed by atoms with Gasteiger partial charge in [0.25, 0.3) is 5.88 Å². The molecule has 0 radical (unpaired) electrons. The Labute approximate surface area is 872 Å². The number of rotatable bonds is 21. The molecule has 0 aliphatic carbocycles. The lowest BCUT2D eigenvalue weighted by Gasteiger charge is -2.40. The van der Waals surface area contributed by atoms with Crippen molar-refractivity contribution in [3.8, 4) is 29.4 Å². The van der Waals surface area contributed by atoms with Crippen molar-refractivity contribution >= 4 is 175 Å². The highest BCUT2D eigenvalue weighted by atomic mass is 127. The maximum absolute atomic E-state index is 9.36. The van der Waals surface area contributed by atoms with Crippen LogP contribution in [0.5, 0.6) is 29.4 Å². The number of pyridine rings is 5. The number of aromatic nitrogens is 15. The number of fused-ring (bicyclic) bond motifs is 5. The summed E-state index contributed by atoms with van der Waals surface area (Å²) in [5.41, 5.74) is 7.08. The first-order chi connectivity index (χ1) is 70.0. The molecule has 33 nitrogen and oxygen atoms in total.